The van der Waals surface area contributed by atoms with Gasteiger partial charge in [-0.05, 0) is 89.8 Å². The topological polar surface area (TPSA) is 55.4 Å². The number of hydrogen-bond donors (Lipinski definition) is 0. The Bertz CT molecular complexity index is 1930. The highest BCUT2D eigenvalue weighted by Crippen LogP contribution is 2.62. The molecule has 322 valence electrons. The second kappa shape index (κ2) is 20.0. The van der Waals surface area contributed by atoms with E-state index < -0.39 is 34.9 Å². The van der Waals surface area contributed by atoms with Crippen LogP contribution in [0.15, 0.2) is 24.3 Å². The monoisotopic (exact) mass is 832 g/mol. The summed E-state index contributed by atoms with van der Waals surface area (Å²) in [5, 5.41) is 0. The van der Waals surface area contributed by atoms with Gasteiger partial charge in [0.15, 0.2) is 57.9 Å². The minimum absolute atomic E-state index is 0.00513. The standard InChI is InChI=1S/C46H56F6NO6/c1-9-17-19-53(20-18-10-2)25-29-35(27-21-31(47)39(51)32(48)22-27)41(54-11-3)45(58-15-7)43(56-13-5)37(29)38-30(26-53)36(28-23-33(49)40(52)34(50)24-28)42(55-12-4)46(59-16-8)44(38)57-14-6/h21-24H,9-20,25-26H2,1-8H3/q+1. The van der Waals surface area contributed by atoms with Gasteiger partial charge in [0, 0.05) is 33.4 Å². The highest BCUT2D eigenvalue weighted by molar-refractivity contribution is 5.98. The minimum Gasteiger partial charge on any atom is -0.489 e. The predicted octanol–water partition coefficient (Wildman–Crippen LogP) is 12.3. The minimum atomic E-state index is -1.62. The van der Waals surface area contributed by atoms with Crippen molar-refractivity contribution >= 4 is 0 Å². The van der Waals surface area contributed by atoms with E-state index in [2.05, 4.69) is 13.8 Å². The maximum atomic E-state index is 15.4. The molecule has 0 amide bonds. The molecule has 0 unspecified atom stereocenters. The highest BCUT2D eigenvalue weighted by Gasteiger charge is 2.44. The number of unbranched alkanes of at least 4 members (excludes halogenated alkanes) is 2. The van der Waals surface area contributed by atoms with E-state index in [0.29, 0.717) is 39.8 Å². The van der Waals surface area contributed by atoms with Crippen LogP contribution >= 0.6 is 0 Å². The van der Waals surface area contributed by atoms with E-state index in [9.17, 15) is 8.78 Å². The van der Waals surface area contributed by atoms with Crippen molar-refractivity contribution < 1.29 is 59.2 Å². The summed E-state index contributed by atoms with van der Waals surface area (Å²) in [7, 11) is 0. The highest BCUT2D eigenvalue weighted by atomic mass is 19.2. The van der Waals surface area contributed by atoms with Crippen LogP contribution in [0.2, 0.25) is 0 Å². The molecule has 1 aliphatic heterocycles. The van der Waals surface area contributed by atoms with Gasteiger partial charge in [-0.15, -0.1) is 0 Å². The maximum Gasteiger partial charge on any atom is 0.204 e. The zero-order valence-electron chi connectivity index (χ0n) is 35.4. The summed E-state index contributed by atoms with van der Waals surface area (Å²) in [5.41, 5.74) is 2.37. The number of quaternary nitrogens is 1. The molecule has 1 aliphatic rings. The molecule has 59 heavy (non-hydrogen) atoms. The molecule has 0 saturated carbocycles. The van der Waals surface area contributed by atoms with E-state index in [0.717, 1.165) is 49.9 Å². The molecule has 0 aromatic heterocycles. The summed E-state index contributed by atoms with van der Waals surface area (Å²) >= 11 is 0. The van der Waals surface area contributed by atoms with Crippen molar-refractivity contribution in [2.24, 2.45) is 0 Å². The second-order valence-electron chi connectivity index (χ2n) is 14.3. The van der Waals surface area contributed by atoms with Crippen molar-refractivity contribution in [2.75, 3.05) is 52.7 Å². The first-order valence-electron chi connectivity index (χ1n) is 20.8. The third-order valence-corrected chi connectivity index (χ3v) is 10.4. The Hall–Kier alpha value is -4.78. The first kappa shape index (κ1) is 45.3. The van der Waals surface area contributed by atoms with Crippen LogP contribution in [-0.2, 0) is 13.1 Å². The van der Waals surface area contributed by atoms with Crippen molar-refractivity contribution in [3.8, 4) is 67.9 Å². The molecule has 4 aromatic carbocycles. The Kier molecular flexibility index (Phi) is 15.3. The van der Waals surface area contributed by atoms with Gasteiger partial charge in [-0.25, -0.2) is 26.3 Å². The molecule has 7 nitrogen and oxygen atoms in total. The van der Waals surface area contributed by atoms with E-state index in [4.69, 9.17) is 28.4 Å². The fraction of sp³-hybridized carbons (Fsp3) is 0.478. The molecule has 0 spiro atoms. The lowest BCUT2D eigenvalue weighted by Crippen LogP contribution is -2.47. The van der Waals surface area contributed by atoms with Gasteiger partial charge in [-0.2, -0.15) is 0 Å². The van der Waals surface area contributed by atoms with Crippen LogP contribution in [0.1, 0.15) is 92.2 Å². The Morgan fingerprint density at radius 1 is 0.407 bits per heavy atom. The van der Waals surface area contributed by atoms with Crippen molar-refractivity contribution in [1.29, 1.82) is 0 Å². The number of rotatable bonds is 20. The zero-order valence-corrected chi connectivity index (χ0v) is 35.4. The van der Waals surface area contributed by atoms with E-state index in [-0.39, 0.29) is 109 Å². The average Bonchev–Trinajstić information content (AvgIpc) is 3.35. The van der Waals surface area contributed by atoms with Gasteiger partial charge >= 0.3 is 0 Å². The lowest BCUT2D eigenvalue weighted by Gasteiger charge is -2.39. The summed E-state index contributed by atoms with van der Waals surface area (Å²) in [4.78, 5) is 0. The molecule has 0 N–H and O–H groups in total. The number of halogens is 6. The summed E-state index contributed by atoms with van der Waals surface area (Å²) in [6.45, 7) is 17.2. The average molecular weight is 833 g/mol. The Balaban J connectivity index is 2.23. The molecule has 0 fully saturated rings. The number of fused-ring (bicyclic) bond motifs is 3. The van der Waals surface area contributed by atoms with Crippen LogP contribution < -0.4 is 28.4 Å². The second-order valence-corrected chi connectivity index (χ2v) is 14.3. The largest absolute Gasteiger partial charge is 0.489 e. The van der Waals surface area contributed by atoms with Gasteiger partial charge in [0.05, 0.1) is 52.7 Å². The van der Waals surface area contributed by atoms with E-state index in [1.807, 2.05) is 0 Å². The van der Waals surface area contributed by atoms with Gasteiger partial charge in [0.1, 0.15) is 13.1 Å². The molecular formula is C46H56F6NO6+. The third kappa shape index (κ3) is 8.90. The zero-order chi connectivity index (χ0) is 43.0. The van der Waals surface area contributed by atoms with Crippen molar-refractivity contribution in [3.05, 3.63) is 70.3 Å². The normalized spacial score (nSPS) is 13.1. The van der Waals surface area contributed by atoms with E-state index in [1.54, 1.807) is 41.5 Å². The Morgan fingerprint density at radius 2 is 0.678 bits per heavy atom. The SMILES string of the molecule is CCCC[N+]1(CCCC)Cc2c(-c3cc(F)c(F)c(F)c3)c(OCC)c(OCC)c(OCC)c2-c2c(c(-c3cc(F)c(F)c(F)c3)c(OCC)c(OCC)c2OCC)C1. The van der Waals surface area contributed by atoms with Gasteiger partial charge < -0.3 is 32.9 Å². The molecule has 0 saturated heterocycles. The number of nitrogens with zero attached hydrogens (tertiary/aromatic N) is 1. The third-order valence-electron chi connectivity index (χ3n) is 10.4. The summed E-state index contributed by atoms with van der Waals surface area (Å²) in [6.07, 6.45) is 3.17. The van der Waals surface area contributed by atoms with Gasteiger partial charge in [0.25, 0.3) is 0 Å². The molecule has 4 aromatic rings. The Labute approximate surface area is 343 Å². The van der Waals surface area contributed by atoms with Crippen molar-refractivity contribution in [3.63, 3.8) is 0 Å². The molecule has 13 heteroatoms. The Morgan fingerprint density at radius 3 is 0.949 bits per heavy atom. The van der Waals surface area contributed by atoms with Gasteiger partial charge in [0.2, 0.25) is 11.5 Å². The van der Waals surface area contributed by atoms with Crippen LogP contribution in [0.4, 0.5) is 26.3 Å². The molecule has 0 radical (unpaired) electrons. The number of ether oxygens (including phenoxy) is 6. The molecule has 0 atom stereocenters. The fourth-order valence-corrected chi connectivity index (χ4v) is 8.13. The molecule has 0 bridgehead atoms. The van der Waals surface area contributed by atoms with Crippen LogP contribution in [0.3, 0.4) is 0 Å². The molecule has 1 heterocycles. The van der Waals surface area contributed by atoms with Crippen molar-refractivity contribution in [1.82, 2.24) is 0 Å². The predicted molar refractivity (Wildman–Crippen MR) is 217 cm³/mol. The van der Waals surface area contributed by atoms with E-state index in [1.165, 1.54) is 0 Å². The quantitative estimate of drug-likeness (QED) is 0.0502. The van der Waals surface area contributed by atoms with Gasteiger partial charge in [-0.3, -0.25) is 0 Å². The maximum absolute atomic E-state index is 15.4. The molecular weight excluding hydrogens is 776 g/mol. The van der Waals surface area contributed by atoms with Crippen LogP contribution in [0, 0.1) is 34.9 Å². The smallest absolute Gasteiger partial charge is 0.204 e. The van der Waals surface area contributed by atoms with Crippen LogP contribution in [0.5, 0.6) is 34.5 Å². The summed E-state index contributed by atoms with van der Waals surface area (Å²) in [5.74, 6) is -7.85. The summed E-state index contributed by atoms with van der Waals surface area (Å²) in [6, 6.07) is 3.75. The van der Waals surface area contributed by atoms with Crippen molar-refractivity contribution in [2.45, 2.75) is 94.2 Å². The van der Waals surface area contributed by atoms with Gasteiger partial charge in [-0.1, -0.05) is 26.7 Å². The lowest BCUT2D eigenvalue weighted by molar-refractivity contribution is -0.953. The molecule has 0 aliphatic carbocycles. The van der Waals surface area contributed by atoms with Crippen LogP contribution in [0.25, 0.3) is 33.4 Å². The van der Waals surface area contributed by atoms with E-state index >= 15 is 17.6 Å². The number of hydrogen-bond acceptors (Lipinski definition) is 6. The van der Waals surface area contributed by atoms with Crippen LogP contribution in [-0.4, -0.2) is 57.2 Å². The fourth-order valence-electron chi connectivity index (χ4n) is 8.13. The molecule has 5 rings (SSSR count). The number of benzene rings is 4. The first-order chi connectivity index (χ1) is 28.4. The summed E-state index contributed by atoms with van der Waals surface area (Å²) < 4.78 is 130. The lowest BCUT2D eigenvalue weighted by atomic mass is 9.84. The first-order valence-corrected chi connectivity index (χ1v) is 20.8.